The third-order valence-electron chi connectivity index (χ3n) is 3.04. The smallest absolute Gasteiger partial charge is 0.488 e. The van der Waals surface area contributed by atoms with Gasteiger partial charge in [0.25, 0.3) is 0 Å². The van der Waals surface area contributed by atoms with Crippen molar-refractivity contribution >= 4 is 12.6 Å². The monoisotopic (exact) mass is 288 g/mol. The van der Waals surface area contributed by atoms with Crippen LogP contribution in [0.2, 0.25) is 0 Å². The zero-order valence-corrected chi connectivity index (χ0v) is 11.9. The van der Waals surface area contributed by atoms with Crippen molar-refractivity contribution in [2.45, 2.75) is 6.61 Å². The Balaban J connectivity index is 2.08. The molecule has 0 amide bonds. The van der Waals surface area contributed by atoms with Gasteiger partial charge in [-0.1, -0.05) is 18.2 Å². The summed E-state index contributed by atoms with van der Waals surface area (Å²) in [7, 11) is 1.59. The van der Waals surface area contributed by atoms with Gasteiger partial charge in [-0.2, -0.15) is 0 Å². The lowest BCUT2D eigenvalue weighted by Gasteiger charge is -2.12. The lowest BCUT2D eigenvalue weighted by atomic mass is 9.80. The van der Waals surface area contributed by atoms with Crippen LogP contribution in [0.3, 0.4) is 0 Å². The average molecular weight is 288 g/mol. The lowest BCUT2D eigenvalue weighted by Crippen LogP contribution is -2.29. The Morgan fingerprint density at radius 2 is 1.62 bits per heavy atom. The van der Waals surface area contributed by atoms with Crippen molar-refractivity contribution in [2.24, 2.45) is 0 Å². The second-order valence-electron chi connectivity index (χ2n) is 4.42. The maximum Gasteiger partial charge on any atom is 0.488 e. The first-order chi connectivity index (χ1) is 10.1. The molecule has 21 heavy (non-hydrogen) atoms. The van der Waals surface area contributed by atoms with E-state index < -0.39 is 7.12 Å². The second-order valence-corrected chi connectivity index (χ2v) is 4.42. The molecule has 0 unspecified atom stereocenters. The second kappa shape index (κ2) is 7.01. The van der Waals surface area contributed by atoms with Gasteiger partial charge in [-0.25, -0.2) is 0 Å². The fraction of sp³-hybridized carbons (Fsp3) is 0.200. The van der Waals surface area contributed by atoms with Gasteiger partial charge >= 0.3 is 7.12 Å². The molecule has 2 rings (SSSR count). The van der Waals surface area contributed by atoms with Crippen LogP contribution >= 0.6 is 0 Å². The summed E-state index contributed by atoms with van der Waals surface area (Å²) in [5, 5.41) is 18.3. The summed E-state index contributed by atoms with van der Waals surface area (Å²) in [6.45, 7) is 0.376. The molecule has 0 bridgehead atoms. The SMILES string of the molecule is COc1ccc(COc2ccc(B(O)O)cc2OC)cc1. The molecule has 2 N–H and O–H groups in total. The molecule has 0 aromatic heterocycles. The molecule has 0 aliphatic heterocycles. The summed E-state index contributed by atoms with van der Waals surface area (Å²) in [5.41, 5.74) is 1.34. The molecule has 0 spiro atoms. The Hall–Kier alpha value is -2.18. The van der Waals surface area contributed by atoms with E-state index in [0.29, 0.717) is 23.6 Å². The molecule has 0 heterocycles. The van der Waals surface area contributed by atoms with E-state index in [1.807, 2.05) is 24.3 Å². The summed E-state index contributed by atoms with van der Waals surface area (Å²) in [6, 6.07) is 12.3. The highest BCUT2D eigenvalue weighted by atomic mass is 16.5. The Bertz CT molecular complexity index is 583. The number of benzene rings is 2. The van der Waals surface area contributed by atoms with Gasteiger partial charge in [0.05, 0.1) is 14.2 Å². The van der Waals surface area contributed by atoms with Gasteiger partial charge in [0.2, 0.25) is 0 Å². The number of rotatable bonds is 6. The van der Waals surface area contributed by atoms with Crippen LogP contribution in [0.1, 0.15) is 5.56 Å². The summed E-state index contributed by atoms with van der Waals surface area (Å²) >= 11 is 0. The fourth-order valence-corrected chi connectivity index (χ4v) is 1.85. The van der Waals surface area contributed by atoms with E-state index in [1.165, 1.54) is 13.2 Å². The summed E-state index contributed by atoms with van der Waals surface area (Å²) in [6.07, 6.45) is 0. The first-order valence-corrected chi connectivity index (χ1v) is 6.44. The minimum atomic E-state index is -1.53. The first-order valence-electron chi connectivity index (χ1n) is 6.44. The predicted octanol–water partition coefficient (Wildman–Crippen LogP) is 0.963. The number of hydrogen-bond donors (Lipinski definition) is 2. The van der Waals surface area contributed by atoms with Crippen molar-refractivity contribution in [3.05, 3.63) is 48.0 Å². The van der Waals surface area contributed by atoms with Gasteiger partial charge in [-0.3, -0.25) is 0 Å². The fourth-order valence-electron chi connectivity index (χ4n) is 1.85. The van der Waals surface area contributed by atoms with Crippen LogP contribution in [0.15, 0.2) is 42.5 Å². The number of methoxy groups -OCH3 is 2. The van der Waals surface area contributed by atoms with Crippen molar-refractivity contribution in [1.82, 2.24) is 0 Å². The van der Waals surface area contributed by atoms with Crippen molar-refractivity contribution in [3.8, 4) is 17.2 Å². The van der Waals surface area contributed by atoms with Crippen LogP contribution in [-0.2, 0) is 6.61 Å². The van der Waals surface area contributed by atoms with Crippen molar-refractivity contribution < 1.29 is 24.3 Å². The molecule has 0 aliphatic carbocycles. The summed E-state index contributed by atoms with van der Waals surface area (Å²) in [4.78, 5) is 0. The highest BCUT2D eigenvalue weighted by Gasteiger charge is 2.14. The molecular weight excluding hydrogens is 271 g/mol. The highest BCUT2D eigenvalue weighted by Crippen LogP contribution is 2.26. The largest absolute Gasteiger partial charge is 0.497 e. The van der Waals surface area contributed by atoms with Crippen molar-refractivity contribution in [2.75, 3.05) is 14.2 Å². The minimum absolute atomic E-state index is 0.351. The van der Waals surface area contributed by atoms with Crippen LogP contribution in [0.25, 0.3) is 0 Å². The topological polar surface area (TPSA) is 68.2 Å². The highest BCUT2D eigenvalue weighted by molar-refractivity contribution is 6.58. The third kappa shape index (κ3) is 3.90. The molecule has 0 radical (unpaired) electrons. The van der Waals surface area contributed by atoms with Gasteiger partial charge in [-0.05, 0) is 35.3 Å². The zero-order valence-electron chi connectivity index (χ0n) is 11.9. The zero-order chi connectivity index (χ0) is 15.2. The van der Waals surface area contributed by atoms with E-state index in [4.69, 9.17) is 24.3 Å². The quantitative estimate of drug-likeness (QED) is 0.775. The minimum Gasteiger partial charge on any atom is -0.497 e. The summed E-state index contributed by atoms with van der Waals surface area (Å²) in [5.74, 6) is 1.78. The molecule has 2 aromatic rings. The molecule has 2 aromatic carbocycles. The van der Waals surface area contributed by atoms with Gasteiger partial charge in [0.1, 0.15) is 12.4 Å². The van der Waals surface area contributed by atoms with E-state index >= 15 is 0 Å². The van der Waals surface area contributed by atoms with Crippen LogP contribution in [-0.4, -0.2) is 31.4 Å². The van der Waals surface area contributed by atoms with E-state index in [-0.39, 0.29) is 0 Å². The van der Waals surface area contributed by atoms with Crippen LogP contribution in [0, 0.1) is 0 Å². The first kappa shape index (κ1) is 15.2. The standard InChI is InChI=1S/C15H17BO5/c1-19-13-6-3-11(4-7-13)10-21-14-8-5-12(16(17)18)9-15(14)20-2/h3-9,17-18H,10H2,1-2H3. The van der Waals surface area contributed by atoms with Crippen LogP contribution in [0.4, 0.5) is 0 Å². The molecule has 5 nitrogen and oxygen atoms in total. The molecule has 0 atom stereocenters. The van der Waals surface area contributed by atoms with Gasteiger partial charge < -0.3 is 24.3 Å². The lowest BCUT2D eigenvalue weighted by molar-refractivity contribution is 0.284. The molecule has 110 valence electrons. The normalized spacial score (nSPS) is 10.1. The molecule has 0 saturated carbocycles. The Kier molecular flexibility index (Phi) is 5.08. The predicted molar refractivity (Wildman–Crippen MR) is 80.1 cm³/mol. The van der Waals surface area contributed by atoms with E-state index in [0.717, 1.165) is 11.3 Å². The Morgan fingerprint density at radius 1 is 0.905 bits per heavy atom. The Labute approximate surface area is 123 Å². The molecule has 0 fully saturated rings. The Morgan fingerprint density at radius 3 is 2.19 bits per heavy atom. The number of hydrogen-bond acceptors (Lipinski definition) is 5. The van der Waals surface area contributed by atoms with E-state index in [2.05, 4.69) is 0 Å². The van der Waals surface area contributed by atoms with Gasteiger partial charge in [0.15, 0.2) is 11.5 Å². The van der Waals surface area contributed by atoms with Gasteiger partial charge in [-0.15, -0.1) is 0 Å². The maximum atomic E-state index is 9.14. The van der Waals surface area contributed by atoms with Crippen LogP contribution in [0.5, 0.6) is 17.2 Å². The van der Waals surface area contributed by atoms with E-state index in [9.17, 15) is 0 Å². The molecular formula is C15H17BO5. The molecule has 0 aliphatic rings. The van der Waals surface area contributed by atoms with Gasteiger partial charge in [0, 0.05) is 0 Å². The average Bonchev–Trinajstić information content (AvgIpc) is 2.53. The van der Waals surface area contributed by atoms with E-state index in [1.54, 1.807) is 19.2 Å². The molecule has 0 saturated heterocycles. The van der Waals surface area contributed by atoms with Crippen molar-refractivity contribution in [1.29, 1.82) is 0 Å². The number of ether oxygens (including phenoxy) is 3. The third-order valence-corrected chi connectivity index (χ3v) is 3.04. The van der Waals surface area contributed by atoms with Crippen LogP contribution < -0.4 is 19.7 Å². The van der Waals surface area contributed by atoms with Crippen molar-refractivity contribution in [3.63, 3.8) is 0 Å². The maximum absolute atomic E-state index is 9.14. The summed E-state index contributed by atoms with van der Waals surface area (Å²) < 4.78 is 16.0. The molecule has 6 heteroatoms.